The van der Waals surface area contributed by atoms with Crippen molar-refractivity contribution in [2.45, 2.75) is 18.6 Å². The number of hydrogen-bond acceptors (Lipinski definition) is 3. The number of anilines is 1. The molecule has 1 atom stereocenters. The summed E-state index contributed by atoms with van der Waals surface area (Å²) in [5.41, 5.74) is 1.59. The Labute approximate surface area is 132 Å². The quantitative estimate of drug-likeness (QED) is 0.906. The predicted molar refractivity (Wildman–Crippen MR) is 81.1 cm³/mol. The summed E-state index contributed by atoms with van der Waals surface area (Å²) in [6.45, 7) is 0. The van der Waals surface area contributed by atoms with Gasteiger partial charge in [-0.05, 0) is 48.4 Å². The zero-order chi connectivity index (χ0) is 16.6. The fourth-order valence-corrected chi connectivity index (χ4v) is 2.84. The molecule has 0 saturated carbocycles. The molecule has 0 radical (unpaired) electrons. The first-order valence-corrected chi connectivity index (χ1v) is 7.11. The lowest BCUT2D eigenvalue weighted by atomic mass is 10.0. The monoisotopic (exact) mass is 323 g/mol. The van der Waals surface area contributed by atoms with Gasteiger partial charge in [-0.1, -0.05) is 0 Å². The number of nitrogens with one attached hydrogen (secondary N) is 1. The normalized spacial score (nSPS) is 16.7. The van der Waals surface area contributed by atoms with E-state index in [2.05, 4.69) is 5.32 Å². The SMILES string of the molecule is COc1ccc(OC)c(C2Cc3cc(C(F)(F)F)ccc3N2)c1. The van der Waals surface area contributed by atoms with Crippen LogP contribution in [-0.2, 0) is 12.6 Å². The van der Waals surface area contributed by atoms with Crippen LogP contribution in [0.2, 0.25) is 0 Å². The van der Waals surface area contributed by atoms with Crippen LogP contribution in [0.15, 0.2) is 36.4 Å². The van der Waals surface area contributed by atoms with Gasteiger partial charge in [0.1, 0.15) is 11.5 Å². The first-order valence-electron chi connectivity index (χ1n) is 7.11. The largest absolute Gasteiger partial charge is 0.497 e. The number of fused-ring (bicyclic) bond motifs is 1. The summed E-state index contributed by atoms with van der Waals surface area (Å²) in [7, 11) is 3.13. The second-order valence-electron chi connectivity index (χ2n) is 5.38. The van der Waals surface area contributed by atoms with Crippen LogP contribution in [-0.4, -0.2) is 14.2 Å². The first kappa shape index (κ1) is 15.5. The van der Waals surface area contributed by atoms with Crippen molar-refractivity contribution in [1.82, 2.24) is 0 Å². The molecule has 3 rings (SSSR count). The standard InChI is InChI=1S/C17H16F3NO2/c1-22-12-4-6-16(23-2)13(9-12)15-8-10-7-11(17(18,19)20)3-5-14(10)21-15/h3-7,9,15,21H,8H2,1-2H3. The number of ether oxygens (including phenoxy) is 2. The summed E-state index contributed by atoms with van der Waals surface area (Å²) >= 11 is 0. The lowest BCUT2D eigenvalue weighted by molar-refractivity contribution is -0.137. The average Bonchev–Trinajstić information content (AvgIpc) is 2.96. The van der Waals surface area contributed by atoms with Gasteiger partial charge in [-0.15, -0.1) is 0 Å². The molecule has 0 saturated heterocycles. The van der Waals surface area contributed by atoms with Gasteiger partial charge >= 0.3 is 6.18 Å². The molecule has 23 heavy (non-hydrogen) atoms. The molecule has 3 nitrogen and oxygen atoms in total. The highest BCUT2D eigenvalue weighted by Crippen LogP contribution is 2.41. The van der Waals surface area contributed by atoms with Crippen LogP contribution in [0, 0.1) is 0 Å². The van der Waals surface area contributed by atoms with Crippen molar-refractivity contribution in [3.63, 3.8) is 0 Å². The molecule has 1 aliphatic heterocycles. The average molecular weight is 323 g/mol. The van der Waals surface area contributed by atoms with E-state index in [1.165, 1.54) is 12.1 Å². The number of rotatable bonds is 3. The molecule has 2 aromatic carbocycles. The topological polar surface area (TPSA) is 30.5 Å². The number of halogens is 3. The van der Waals surface area contributed by atoms with Gasteiger partial charge < -0.3 is 14.8 Å². The van der Waals surface area contributed by atoms with Crippen LogP contribution in [0.3, 0.4) is 0 Å². The minimum Gasteiger partial charge on any atom is -0.497 e. The Morgan fingerprint density at radius 3 is 2.48 bits per heavy atom. The van der Waals surface area contributed by atoms with E-state index in [1.807, 2.05) is 6.07 Å². The summed E-state index contributed by atoms with van der Waals surface area (Å²) in [6, 6.07) is 9.04. The molecule has 0 fully saturated rings. The lowest BCUT2D eigenvalue weighted by Crippen LogP contribution is -2.07. The highest BCUT2D eigenvalue weighted by Gasteiger charge is 2.33. The summed E-state index contributed by atoms with van der Waals surface area (Å²) in [4.78, 5) is 0. The van der Waals surface area contributed by atoms with E-state index in [-0.39, 0.29) is 6.04 Å². The third-order valence-electron chi connectivity index (χ3n) is 4.00. The van der Waals surface area contributed by atoms with Gasteiger partial charge in [0.15, 0.2) is 0 Å². The van der Waals surface area contributed by atoms with Gasteiger partial charge in [0.2, 0.25) is 0 Å². The van der Waals surface area contributed by atoms with Gasteiger partial charge in [0.05, 0.1) is 25.8 Å². The third kappa shape index (κ3) is 2.93. The molecule has 1 unspecified atom stereocenters. The maximum Gasteiger partial charge on any atom is 0.416 e. The maximum atomic E-state index is 12.8. The van der Waals surface area contributed by atoms with Crippen LogP contribution in [0.5, 0.6) is 11.5 Å². The van der Waals surface area contributed by atoms with Gasteiger partial charge in [-0.2, -0.15) is 13.2 Å². The molecule has 0 aromatic heterocycles. The van der Waals surface area contributed by atoms with E-state index in [1.54, 1.807) is 26.4 Å². The minimum atomic E-state index is -4.33. The second kappa shape index (κ2) is 5.68. The molecule has 2 aromatic rings. The van der Waals surface area contributed by atoms with Gasteiger partial charge in [-0.3, -0.25) is 0 Å². The fourth-order valence-electron chi connectivity index (χ4n) is 2.84. The number of methoxy groups -OCH3 is 2. The molecule has 1 aliphatic rings. The van der Waals surface area contributed by atoms with Crippen molar-refractivity contribution < 1.29 is 22.6 Å². The Balaban J connectivity index is 1.93. The van der Waals surface area contributed by atoms with E-state index >= 15 is 0 Å². The zero-order valence-electron chi connectivity index (χ0n) is 12.7. The summed E-state index contributed by atoms with van der Waals surface area (Å²) in [5.74, 6) is 1.35. The van der Waals surface area contributed by atoms with E-state index in [9.17, 15) is 13.2 Å². The molecule has 0 aliphatic carbocycles. The van der Waals surface area contributed by atoms with Crippen molar-refractivity contribution in [2.24, 2.45) is 0 Å². The van der Waals surface area contributed by atoms with E-state index in [0.29, 0.717) is 29.2 Å². The number of benzene rings is 2. The molecule has 0 bridgehead atoms. The molecule has 6 heteroatoms. The Morgan fingerprint density at radius 1 is 1.04 bits per heavy atom. The van der Waals surface area contributed by atoms with Gasteiger partial charge in [0, 0.05) is 11.3 Å². The third-order valence-corrected chi connectivity index (χ3v) is 4.00. The Kier molecular flexibility index (Phi) is 3.83. The Morgan fingerprint density at radius 2 is 1.83 bits per heavy atom. The molecule has 1 heterocycles. The molecule has 1 N–H and O–H groups in total. The van der Waals surface area contributed by atoms with Crippen LogP contribution in [0.25, 0.3) is 0 Å². The Hall–Kier alpha value is -2.37. The zero-order valence-corrected chi connectivity index (χ0v) is 12.7. The second-order valence-corrected chi connectivity index (χ2v) is 5.38. The predicted octanol–water partition coefficient (Wildman–Crippen LogP) is 4.43. The number of alkyl halides is 3. The number of hydrogen-bond donors (Lipinski definition) is 1. The summed E-state index contributed by atoms with van der Waals surface area (Å²) in [6.07, 6.45) is -3.87. The lowest BCUT2D eigenvalue weighted by Gasteiger charge is -2.16. The smallest absolute Gasteiger partial charge is 0.416 e. The fraction of sp³-hybridized carbons (Fsp3) is 0.294. The Bertz CT molecular complexity index is 728. The minimum absolute atomic E-state index is 0.154. The molecular weight excluding hydrogens is 307 g/mol. The van der Waals surface area contributed by atoms with Crippen molar-refractivity contribution in [3.8, 4) is 11.5 Å². The highest BCUT2D eigenvalue weighted by molar-refractivity contribution is 5.61. The summed E-state index contributed by atoms with van der Waals surface area (Å²) < 4.78 is 49.1. The van der Waals surface area contributed by atoms with Crippen LogP contribution in [0.1, 0.15) is 22.7 Å². The first-order chi connectivity index (χ1) is 10.9. The van der Waals surface area contributed by atoms with Crippen LogP contribution < -0.4 is 14.8 Å². The van der Waals surface area contributed by atoms with Crippen LogP contribution >= 0.6 is 0 Å². The molecule has 122 valence electrons. The van der Waals surface area contributed by atoms with Crippen molar-refractivity contribution in [3.05, 3.63) is 53.1 Å². The summed E-state index contributed by atoms with van der Waals surface area (Å²) in [5, 5.41) is 3.25. The highest BCUT2D eigenvalue weighted by atomic mass is 19.4. The molecule has 0 spiro atoms. The van der Waals surface area contributed by atoms with Gasteiger partial charge in [0.25, 0.3) is 0 Å². The molecular formula is C17H16F3NO2. The van der Waals surface area contributed by atoms with E-state index in [0.717, 1.165) is 11.6 Å². The molecule has 0 amide bonds. The maximum absolute atomic E-state index is 12.8. The van der Waals surface area contributed by atoms with E-state index in [4.69, 9.17) is 9.47 Å². The van der Waals surface area contributed by atoms with Crippen LogP contribution in [0.4, 0.5) is 18.9 Å². The van der Waals surface area contributed by atoms with Crippen molar-refractivity contribution >= 4 is 5.69 Å². The van der Waals surface area contributed by atoms with Crippen molar-refractivity contribution in [2.75, 3.05) is 19.5 Å². The van der Waals surface area contributed by atoms with Gasteiger partial charge in [-0.25, -0.2) is 0 Å². The van der Waals surface area contributed by atoms with Crippen molar-refractivity contribution in [1.29, 1.82) is 0 Å². The van der Waals surface area contributed by atoms with E-state index < -0.39 is 11.7 Å².